The van der Waals surface area contributed by atoms with Crippen molar-refractivity contribution in [2.45, 2.75) is 26.8 Å². The maximum Gasteiger partial charge on any atom is 0.254 e. The third kappa shape index (κ3) is 2.84. The minimum Gasteiger partial charge on any atom is -0.349 e. The first-order valence-electron chi connectivity index (χ1n) is 5.32. The molecule has 0 bridgehead atoms. The van der Waals surface area contributed by atoms with Crippen LogP contribution in [0, 0.1) is 12.8 Å². The van der Waals surface area contributed by atoms with E-state index >= 15 is 0 Å². The molecule has 1 aromatic heterocycles. The summed E-state index contributed by atoms with van der Waals surface area (Å²) in [5.41, 5.74) is 1.53. The van der Waals surface area contributed by atoms with Gasteiger partial charge in [-0.3, -0.25) is 9.48 Å². The normalized spacial score (nSPS) is 14.6. The standard InChI is InChI=1S/C11H18BrN3O/c1-7(5-12)8(2)14-11(16)10-6-13-15(4)9(10)3/h6-8H,5H2,1-4H3,(H,14,16). The van der Waals surface area contributed by atoms with Crippen molar-refractivity contribution < 1.29 is 4.79 Å². The molecular formula is C11H18BrN3O. The molecule has 1 aromatic rings. The minimum absolute atomic E-state index is 0.0501. The first-order chi connectivity index (χ1) is 7.47. The Labute approximate surface area is 105 Å². The van der Waals surface area contributed by atoms with Crippen LogP contribution in [0.15, 0.2) is 6.20 Å². The van der Waals surface area contributed by atoms with Gasteiger partial charge < -0.3 is 5.32 Å². The monoisotopic (exact) mass is 287 g/mol. The van der Waals surface area contributed by atoms with E-state index in [9.17, 15) is 4.79 Å². The summed E-state index contributed by atoms with van der Waals surface area (Å²) < 4.78 is 1.70. The summed E-state index contributed by atoms with van der Waals surface area (Å²) in [7, 11) is 1.83. The van der Waals surface area contributed by atoms with Crippen LogP contribution in [0.25, 0.3) is 0 Å². The maximum absolute atomic E-state index is 11.9. The summed E-state index contributed by atoms with van der Waals surface area (Å²) in [6, 6.07) is 0.145. The van der Waals surface area contributed by atoms with Crippen molar-refractivity contribution in [2.24, 2.45) is 13.0 Å². The van der Waals surface area contributed by atoms with E-state index in [0.717, 1.165) is 11.0 Å². The number of nitrogens with one attached hydrogen (secondary N) is 1. The second-order valence-electron chi connectivity index (χ2n) is 4.16. The molecule has 2 atom stereocenters. The fraction of sp³-hybridized carbons (Fsp3) is 0.636. The van der Waals surface area contributed by atoms with Crippen LogP contribution >= 0.6 is 15.9 Å². The van der Waals surface area contributed by atoms with E-state index in [1.165, 1.54) is 0 Å². The molecule has 1 amide bonds. The lowest BCUT2D eigenvalue weighted by atomic mass is 10.1. The van der Waals surface area contributed by atoms with Crippen molar-refractivity contribution in [2.75, 3.05) is 5.33 Å². The van der Waals surface area contributed by atoms with Crippen LogP contribution in [0.5, 0.6) is 0 Å². The molecule has 0 radical (unpaired) electrons. The molecule has 90 valence electrons. The summed E-state index contributed by atoms with van der Waals surface area (Å²) in [5.74, 6) is 0.354. The molecule has 0 aromatic carbocycles. The number of amides is 1. The van der Waals surface area contributed by atoms with E-state index < -0.39 is 0 Å². The van der Waals surface area contributed by atoms with Crippen LogP contribution < -0.4 is 5.32 Å². The van der Waals surface area contributed by atoms with E-state index in [-0.39, 0.29) is 11.9 Å². The lowest BCUT2D eigenvalue weighted by Gasteiger charge is -2.19. The van der Waals surface area contributed by atoms with Gasteiger partial charge in [0.25, 0.3) is 5.91 Å². The fourth-order valence-electron chi connectivity index (χ4n) is 1.28. The second-order valence-corrected chi connectivity index (χ2v) is 4.81. The number of halogens is 1. The zero-order valence-corrected chi connectivity index (χ0v) is 11.7. The van der Waals surface area contributed by atoms with Crippen LogP contribution in [0.2, 0.25) is 0 Å². The summed E-state index contributed by atoms with van der Waals surface area (Å²) in [4.78, 5) is 11.9. The van der Waals surface area contributed by atoms with E-state index in [4.69, 9.17) is 0 Å². The highest BCUT2D eigenvalue weighted by atomic mass is 79.9. The highest BCUT2D eigenvalue weighted by Crippen LogP contribution is 2.09. The van der Waals surface area contributed by atoms with Crippen molar-refractivity contribution in [3.8, 4) is 0 Å². The lowest BCUT2D eigenvalue weighted by molar-refractivity contribution is 0.0930. The van der Waals surface area contributed by atoms with Crippen LogP contribution in [-0.4, -0.2) is 27.1 Å². The molecular weight excluding hydrogens is 270 g/mol. The molecule has 0 fully saturated rings. The van der Waals surface area contributed by atoms with Gasteiger partial charge in [-0.15, -0.1) is 0 Å². The number of carbonyl (C=O) groups is 1. The van der Waals surface area contributed by atoms with E-state index in [2.05, 4.69) is 33.3 Å². The van der Waals surface area contributed by atoms with Crippen LogP contribution in [0.3, 0.4) is 0 Å². The molecule has 0 saturated heterocycles. The third-order valence-corrected chi connectivity index (χ3v) is 3.96. The zero-order chi connectivity index (χ0) is 12.3. The van der Waals surface area contributed by atoms with Crippen LogP contribution in [0.1, 0.15) is 29.9 Å². The highest BCUT2D eigenvalue weighted by Gasteiger charge is 2.17. The smallest absolute Gasteiger partial charge is 0.254 e. The molecule has 1 heterocycles. The first kappa shape index (κ1) is 13.2. The van der Waals surface area contributed by atoms with Gasteiger partial charge in [0, 0.05) is 24.1 Å². The number of hydrogen-bond acceptors (Lipinski definition) is 2. The Hall–Kier alpha value is -0.840. The fourth-order valence-corrected chi connectivity index (χ4v) is 1.84. The molecule has 4 nitrogen and oxygen atoms in total. The van der Waals surface area contributed by atoms with Gasteiger partial charge in [-0.05, 0) is 19.8 Å². The quantitative estimate of drug-likeness (QED) is 0.860. The minimum atomic E-state index is -0.0501. The Morgan fingerprint density at radius 1 is 1.62 bits per heavy atom. The van der Waals surface area contributed by atoms with Crippen molar-refractivity contribution in [1.82, 2.24) is 15.1 Å². The van der Waals surface area contributed by atoms with Gasteiger partial charge in [-0.1, -0.05) is 22.9 Å². The van der Waals surface area contributed by atoms with Crippen molar-refractivity contribution >= 4 is 21.8 Å². The van der Waals surface area contributed by atoms with Gasteiger partial charge in [0.05, 0.1) is 11.8 Å². The molecule has 1 N–H and O–H groups in total. The molecule has 0 spiro atoms. The summed E-state index contributed by atoms with van der Waals surface area (Å²) in [6.07, 6.45) is 1.61. The SMILES string of the molecule is Cc1c(C(=O)NC(C)C(C)CBr)cnn1C. The molecule has 0 aliphatic rings. The number of nitrogens with zero attached hydrogens (tertiary/aromatic N) is 2. The van der Waals surface area contributed by atoms with Gasteiger partial charge in [0.2, 0.25) is 0 Å². The topological polar surface area (TPSA) is 46.9 Å². The van der Waals surface area contributed by atoms with Crippen molar-refractivity contribution in [3.63, 3.8) is 0 Å². The third-order valence-electron chi connectivity index (χ3n) is 2.94. The summed E-state index contributed by atoms with van der Waals surface area (Å²) >= 11 is 3.41. The first-order valence-corrected chi connectivity index (χ1v) is 6.45. The highest BCUT2D eigenvalue weighted by molar-refractivity contribution is 9.09. The molecule has 1 rings (SSSR count). The lowest BCUT2D eigenvalue weighted by Crippen LogP contribution is -2.37. The van der Waals surface area contributed by atoms with Gasteiger partial charge in [-0.2, -0.15) is 5.10 Å². The van der Waals surface area contributed by atoms with E-state index in [0.29, 0.717) is 11.5 Å². The van der Waals surface area contributed by atoms with Crippen molar-refractivity contribution in [3.05, 3.63) is 17.5 Å². The Kier molecular flexibility index (Phi) is 4.53. The van der Waals surface area contributed by atoms with Gasteiger partial charge in [-0.25, -0.2) is 0 Å². The Morgan fingerprint density at radius 2 is 2.25 bits per heavy atom. The van der Waals surface area contributed by atoms with Crippen LogP contribution in [0.4, 0.5) is 0 Å². The van der Waals surface area contributed by atoms with E-state index in [1.807, 2.05) is 20.9 Å². The number of hydrogen-bond donors (Lipinski definition) is 1. The summed E-state index contributed by atoms with van der Waals surface area (Å²) in [5, 5.41) is 7.91. The van der Waals surface area contributed by atoms with Crippen molar-refractivity contribution in [1.29, 1.82) is 0 Å². The predicted molar refractivity (Wildman–Crippen MR) is 67.8 cm³/mol. The Bertz CT molecular complexity index is 375. The summed E-state index contributed by atoms with van der Waals surface area (Å²) in [6.45, 7) is 5.99. The largest absolute Gasteiger partial charge is 0.349 e. The molecule has 0 aliphatic carbocycles. The number of carbonyl (C=O) groups excluding carboxylic acids is 1. The number of alkyl halides is 1. The van der Waals surface area contributed by atoms with Gasteiger partial charge in [0.15, 0.2) is 0 Å². The average Bonchev–Trinajstić information content (AvgIpc) is 2.58. The Balaban J connectivity index is 2.69. The molecule has 0 saturated carbocycles. The molecule has 2 unspecified atom stereocenters. The average molecular weight is 288 g/mol. The number of aryl methyl sites for hydroxylation is 1. The Morgan fingerprint density at radius 3 is 2.69 bits per heavy atom. The van der Waals surface area contributed by atoms with E-state index in [1.54, 1.807) is 10.9 Å². The number of rotatable bonds is 4. The second kappa shape index (κ2) is 5.48. The number of aromatic nitrogens is 2. The molecule has 5 heteroatoms. The molecule has 0 aliphatic heterocycles. The zero-order valence-electron chi connectivity index (χ0n) is 10.1. The van der Waals surface area contributed by atoms with Gasteiger partial charge in [0.1, 0.15) is 0 Å². The predicted octanol–water partition coefficient (Wildman–Crippen LogP) is 1.88. The molecule has 16 heavy (non-hydrogen) atoms. The van der Waals surface area contributed by atoms with Crippen LogP contribution in [-0.2, 0) is 7.05 Å². The maximum atomic E-state index is 11.9. The van der Waals surface area contributed by atoms with Gasteiger partial charge >= 0.3 is 0 Å².